The minimum atomic E-state index is 0.100. The minimum Gasteiger partial charge on any atom is -0.305 e. The Morgan fingerprint density at radius 2 is 2.11 bits per heavy atom. The summed E-state index contributed by atoms with van der Waals surface area (Å²) in [6.07, 6.45) is 1.96. The molecule has 0 radical (unpaired) electrons. The topological polar surface area (TPSA) is 29.9 Å². The van der Waals surface area contributed by atoms with Crippen molar-refractivity contribution in [3.63, 3.8) is 0 Å². The Morgan fingerprint density at radius 1 is 1.33 bits per heavy atom. The van der Waals surface area contributed by atoms with Crippen molar-refractivity contribution >= 4 is 31.9 Å². The van der Waals surface area contributed by atoms with Crippen LogP contribution in [0.2, 0.25) is 0 Å². The van der Waals surface area contributed by atoms with E-state index in [0.717, 1.165) is 21.2 Å². The van der Waals surface area contributed by atoms with Crippen LogP contribution >= 0.6 is 31.9 Å². The summed E-state index contributed by atoms with van der Waals surface area (Å²) in [5.74, 6) is 0. The summed E-state index contributed by atoms with van der Waals surface area (Å²) in [5, 5.41) is 7.96. The first kappa shape index (κ1) is 13.8. The molecule has 96 valence electrons. The fraction of sp³-hybridized carbons (Fsp3) is 0.308. The van der Waals surface area contributed by atoms with Gasteiger partial charge in [0.15, 0.2) is 0 Å². The van der Waals surface area contributed by atoms with E-state index in [0.29, 0.717) is 0 Å². The van der Waals surface area contributed by atoms with Crippen molar-refractivity contribution in [3.8, 4) is 0 Å². The first-order valence-corrected chi connectivity index (χ1v) is 7.38. The second kappa shape index (κ2) is 5.99. The van der Waals surface area contributed by atoms with Crippen LogP contribution in [0.1, 0.15) is 24.2 Å². The number of hydrogen-bond donors (Lipinski definition) is 1. The van der Waals surface area contributed by atoms with Crippen molar-refractivity contribution in [3.05, 3.63) is 50.7 Å². The molecule has 1 aromatic carbocycles. The van der Waals surface area contributed by atoms with Crippen molar-refractivity contribution in [2.75, 3.05) is 6.54 Å². The van der Waals surface area contributed by atoms with Crippen LogP contribution in [0.4, 0.5) is 0 Å². The van der Waals surface area contributed by atoms with Crippen molar-refractivity contribution in [1.29, 1.82) is 0 Å². The van der Waals surface area contributed by atoms with Crippen LogP contribution in [0.5, 0.6) is 0 Å². The van der Waals surface area contributed by atoms with Gasteiger partial charge in [-0.3, -0.25) is 4.68 Å². The molecule has 0 amide bonds. The maximum atomic E-state index is 4.49. The zero-order valence-electron chi connectivity index (χ0n) is 10.3. The summed E-state index contributed by atoms with van der Waals surface area (Å²) in [5.41, 5.74) is 2.21. The van der Waals surface area contributed by atoms with Gasteiger partial charge in [0.05, 0.1) is 11.7 Å². The van der Waals surface area contributed by atoms with Crippen molar-refractivity contribution in [1.82, 2.24) is 15.1 Å². The van der Waals surface area contributed by atoms with Crippen molar-refractivity contribution in [2.45, 2.75) is 13.0 Å². The Bertz CT molecular complexity index is 537. The molecule has 0 aliphatic rings. The van der Waals surface area contributed by atoms with E-state index < -0.39 is 0 Å². The first-order chi connectivity index (χ1) is 8.61. The Hall–Kier alpha value is -0.650. The zero-order valence-corrected chi connectivity index (χ0v) is 13.5. The first-order valence-electron chi connectivity index (χ1n) is 5.79. The molecule has 0 aliphatic heterocycles. The Balaban J connectivity index is 2.44. The van der Waals surface area contributed by atoms with Crippen LogP contribution in [0, 0.1) is 0 Å². The van der Waals surface area contributed by atoms with E-state index in [-0.39, 0.29) is 6.04 Å². The van der Waals surface area contributed by atoms with E-state index in [1.54, 1.807) is 0 Å². The van der Waals surface area contributed by atoms with Crippen LogP contribution in [0.15, 0.2) is 39.4 Å². The molecule has 2 rings (SSSR count). The zero-order chi connectivity index (χ0) is 13.1. The number of halogens is 2. The third-order valence-corrected chi connectivity index (χ3v) is 3.92. The SMILES string of the molecule is CCNC(c1ccn(C)n1)c1cc(Br)ccc1Br. The highest BCUT2D eigenvalue weighted by molar-refractivity contribution is 9.11. The van der Waals surface area contributed by atoms with E-state index in [9.17, 15) is 0 Å². The van der Waals surface area contributed by atoms with Crippen LogP contribution in [-0.2, 0) is 7.05 Å². The van der Waals surface area contributed by atoms with Gasteiger partial charge in [-0.1, -0.05) is 38.8 Å². The summed E-state index contributed by atoms with van der Waals surface area (Å²) in [6, 6.07) is 8.33. The summed E-state index contributed by atoms with van der Waals surface area (Å²) < 4.78 is 3.98. The molecule has 5 heteroatoms. The molecule has 3 nitrogen and oxygen atoms in total. The van der Waals surface area contributed by atoms with Crippen LogP contribution in [0.25, 0.3) is 0 Å². The standard InChI is InChI=1S/C13H15Br2N3/c1-3-16-13(12-6-7-18(2)17-12)10-8-9(14)4-5-11(10)15/h4-8,13,16H,3H2,1-2H3. The maximum Gasteiger partial charge on any atom is 0.0839 e. The molecule has 0 bridgehead atoms. The van der Waals surface area contributed by atoms with Crippen LogP contribution in [-0.4, -0.2) is 16.3 Å². The molecule has 0 spiro atoms. The Labute approximate surface area is 124 Å². The van der Waals surface area contributed by atoms with Gasteiger partial charge in [0.25, 0.3) is 0 Å². The van der Waals surface area contributed by atoms with Gasteiger partial charge in [-0.05, 0) is 36.4 Å². The average molecular weight is 373 g/mol. The summed E-state index contributed by atoms with van der Waals surface area (Å²) >= 11 is 7.13. The number of rotatable bonds is 4. The predicted octanol–water partition coefficient (Wildman–Crippen LogP) is 3.64. The number of hydrogen-bond acceptors (Lipinski definition) is 2. The lowest BCUT2D eigenvalue weighted by molar-refractivity contribution is 0.598. The highest BCUT2D eigenvalue weighted by Gasteiger charge is 2.18. The highest BCUT2D eigenvalue weighted by atomic mass is 79.9. The van der Waals surface area contributed by atoms with Gasteiger partial charge in [-0.15, -0.1) is 0 Å². The lowest BCUT2D eigenvalue weighted by Gasteiger charge is -2.18. The molecule has 1 N–H and O–H groups in total. The van der Waals surface area contributed by atoms with Crippen LogP contribution < -0.4 is 5.32 Å². The molecule has 0 saturated heterocycles. The van der Waals surface area contributed by atoms with E-state index in [2.05, 4.69) is 55.3 Å². The van der Waals surface area contributed by atoms with E-state index in [4.69, 9.17) is 0 Å². The fourth-order valence-electron chi connectivity index (χ4n) is 1.90. The third-order valence-electron chi connectivity index (χ3n) is 2.71. The lowest BCUT2D eigenvalue weighted by Crippen LogP contribution is -2.23. The molecule has 0 aliphatic carbocycles. The monoisotopic (exact) mass is 371 g/mol. The van der Waals surface area contributed by atoms with E-state index in [1.807, 2.05) is 36.1 Å². The molecule has 2 aromatic rings. The van der Waals surface area contributed by atoms with Gasteiger partial charge in [0.2, 0.25) is 0 Å². The number of aromatic nitrogens is 2. The van der Waals surface area contributed by atoms with Crippen LogP contribution in [0.3, 0.4) is 0 Å². The van der Waals surface area contributed by atoms with Gasteiger partial charge in [0, 0.05) is 22.2 Å². The second-order valence-electron chi connectivity index (χ2n) is 4.07. The molecular weight excluding hydrogens is 358 g/mol. The van der Waals surface area contributed by atoms with Gasteiger partial charge in [-0.25, -0.2) is 0 Å². The normalized spacial score (nSPS) is 12.7. The average Bonchev–Trinajstić information content (AvgIpc) is 2.76. The quantitative estimate of drug-likeness (QED) is 0.887. The summed E-state index contributed by atoms with van der Waals surface area (Å²) in [7, 11) is 1.93. The largest absolute Gasteiger partial charge is 0.305 e. The van der Waals surface area contributed by atoms with E-state index in [1.165, 1.54) is 5.56 Å². The highest BCUT2D eigenvalue weighted by Crippen LogP contribution is 2.30. The molecule has 0 saturated carbocycles. The lowest BCUT2D eigenvalue weighted by atomic mass is 10.0. The van der Waals surface area contributed by atoms with Gasteiger partial charge < -0.3 is 5.32 Å². The molecular formula is C13H15Br2N3. The summed E-state index contributed by atoms with van der Waals surface area (Å²) in [4.78, 5) is 0. The summed E-state index contributed by atoms with van der Waals surface area (Å²) in [6.45, 7) is 2.99. The number of nitrogens with one attached hydrogen (secondary N) is 1. The molecule has 0 fully saturated rings. The molecule has 1 unspecified atom stereocenters. The van der Waals surface area contributed by atoms with Gasteiger partial charge in [0.1, 0.15) is 0 Å². The molecule has 1 aromatic heterocycles. The number of nitrogens with zero attached hydrogens (tertiary/aromatic N) is 2. The maximum absolute atomic E-state index is 4.49. The predicted molar refractivity (Wildman–Crippen MR) is 80.6 cm³/mol. The smallest absolute Gasteiger partial charge is 0.0839 e. The fourth-order valence-corrected chi connectivity index (χ4v) is 2.76. The third kappa shape index (κ3) is 3.02. The Morgan fingerprint density at radius 3 is 2.72 bits per heavy atom. The minimum absolute atomic E-state index is 0.100. The van der Waals surface area contributed by atoms with E-state index >= 15 is 0 Å². The molecule has 1 heterocycles. The van der Waals surface area contributed by atoms with Gasteiger partial charge >= 0.3 is 0 Å². The van der Waals surface area contributed by atoms with Crippen molar-refractivity contribution in [2.24, 2.45) is 7.05 Å². The van der Waals surface area contributed by atoms with Gasteiger partial charge in [-0.2, -0.15) is 5.10 Å². The second-order valence-corrected chi connectivity index (χ2v) is 5.84. The molecule has 18 heavy (non-hydrogen) atoms. The van der Waals surface area contributed by atoms with Crippen molar-refractivity contribution < 1.29 is 0 Å². The Kier molecular flexibility index (Phi) is 4.59. The molecule has 1 atom stereocenters. The number of aryl methyl sites for hydroxylation is 1. The number of benzene rings is 1.